The third-order valence-electron chi connectivity index (χ3n) is 2.40. The molecule has 6 unspecified atom stereocenters. The van der Waals surface area contributed by atoms with E-state index in [0.29, 0.717) is 0 Å². The fourth-order valence-electron chi connectivity index (χ4n) is 1.60. The summed E-state index contributed by atoms with van der Waals surface area (Å²) in [5.41, 5.74) is 0. The molecule has 70 heteroatoms. The van der Waals surface area contributed by atoms with E-state index in [1.165, 1.54) is 0 Å². The van der Waals surface area contributed by atoms with Crippen LogP contribution in [-0.2, 0) is 120 Å². The van der Waals surface area contributed by atoms with Crippen LogP contribution in [0.4, 0.5) is 0 Å². The summed E-state index contributed by atoms with van der Waals surface area (Å²) in [4.78, 5) is 215. The quantitative estimate of drug-likeness (QED) is 0.0639. The van der Waals surface area contributed by atoms with Crippen LogP contribution in [0.1, 0.15) is 0 Å². The molecule has 0 spiro atoms. The minimum atomic E-state index is -6.56. The van der Waals surface area contributed by atoms with Crippen molar-refractivity contribution in [2.45, 2.75) is 0 Å². The largest absolute Gasteiger partial charge is 3.00 e. The first-order valence-electron chi connectivity index (χ1n) is 11.0. The molecular formula is Al7O48P15. The maximum absolute atomic E-state index is 10.7. The van der Waals surface area contributed by atoms with Gasteiger partial charge in [-0.3, -0.25) is 66.9 Å². The molecular weight excluding hydrogens is 1420 g/mol. The molecule has 0 aliphatic carbocycles. The molecule has 0 aromatic rings. The van der Waals surface area contributed by atoms with Crippen molar-refractivity contribution in [2.24, 2.45) is 0 Å². The summed E-state index contributed by atoms with van der Waals surface area (Å²) in [5, 5.41) is 0. The predicted octanol–water partition coefficient (Wildman–Crippen LogP) is -17.3. The minimum Gasteiger partial charge on any atom is -0.790 e. The molecule has 0 aromatic carbocycles. The topological polar surface area (TPSA) is 851 Å². The van der Waals surface area contributed by atoms with Gasteiger partial charge in [0.05, 0.1) is 46.9 Å². The molecule has 6 atom stereocenters. The first-order valence-corrected chi connectivity index (χ1v) is 32.9. The van der Waals surface area contributed by atoms with Gasteiger partial charge in [-0.1, -0.05) is 0 Å². The summed E-state index contributed by atoms with van der Waals surface area (Å²) in [6, 6.07) is 0. The van der Waals surface area contributed by atoms with Crippen molar-refractivity contribution < 1.29 is 223 Å². The maximum atomic E-state index is 10.7. The molecule has 0 aromatic heterocycles. The van der Waals surface area contributed by atoms with E-state index in [0.717, 1.165) is 0 Å². The Morgan fingerprint density at radius 2 is 0.200 bits per heavy atom. The van der Waals surface area contributed by atoms with Gasteiger partial charge < -0.3 is 130 Å². The van der Waals surface area contributed by atoms with Crippen LogP contribution < -0.4 is 103 Å². The first kappa shape index (κ1) is 98.0. The first-order chi connectivity index (χ1) is 26.5. The molecule has 0 saturated carbocycles. The van der Waals surface area contributed by atoms with Crippen LogP contribution in [0.25, 0.3) is 0 Å². The standard InChI is InChI=1S/7Al.3H7O16P5/c;;;;;;;3*1-17(2,3)13-19(7,8)15-21(11,12)16-20(9,10)14-18(4,5)6/h;;;;;;;3*(H,7,8)(H,9,10)(H,11,12)(H2,1,2,3)(H2,4,5,6)/q7*+3;;;/p-21. The van der Waals surface area contributed by atoms with Crippen LogP contribution in [0.3, 0.4) is 0 Å². The van der Waals surface area contributed by atoms with E-state index in [1.54, 1.807) is 0 Å². The molecule has 0 heterocycles. The van der Waals surface area contributed by atoms with Crippen LogP contribution in [0, 0.1) is 0 Å². The maximum Gasteiger partial charge on any atom is 3.00 e. The summed E-state index contributed by atoms with van der Waals surface area (Å²) < 4.78 is 188. The number of hydrogen-bond donors (Lipinski definition) is 0. The number of rotatable bonds is 24. The second kappa shape index (κ2) is 35.1. The molecule has 384 valence electrons. The second-order valence-corrected chi connectivity index (χ2v) is 28.9. The van der Waals surface area contributed by atoms with E-state index >= 15 is 0 Å². The Balaban J connectivity index is -0.0000000918. The van der Waals surface area contributed by atoms with Gasteiger partial charge in [0.15, 0.2) is 0 Å². The molecule has 0 amide bonds. The Bertz CT molecular complexity index is 1930. The second-order valence-electron chi connectivity index (χ2n) is 7.69. The minimum absolute atomic E-state index is 0. The van der Waals surface area contributed by atoms with Gasteiger partial charge in [0.2, 0.25) is 0 Å². The van der Waals surface area contributed by atoms with Crippen LogP contribution in [0.15, 0.2) is 0 Å². The van der Waals surface area contributed by atoms with Crippen LogP contribution in [0.2, 0.25) is 0 Å². The molecule has 0 bridgehead atoms. The van der Waals surface area contributed by atoms with Crippen molar-refractivity contribution in [1.82, 2.24) is 0 Å². The Labute approximate surface area is 458 Å². The zero-order chi connectivity index (χ0) is 52.0. The third kappa shape index (κ3) is 64.7. The fraction of sp³-hybridized carbons (Fsp3) is 0. The zero-order valence-electron chi connectivity index (χ0n) is 30.3. The van der Waals surface area contributed by atoms with Crippen molar-refractivity contribution in [2.75, 3.05) is 0 Å². The predicted molar refractivity (Wildman–Crippen MR) is 167 cm³/mol. The summed E-state index contributed by atoms with van der Waals surface area (Å²) >= 11 is 0. The average Bonchev–Trinajstić information content (AvgIpc) is 2.68. The molecule has 0 aliphatic heterocycles. The smallest absolute Gasteiger partial charge is 0.790 e. The van der Waals surface area contributed by atoms with Gasteiger partial charge in [0, 0.05) is 0 Å². The summed E-state index contributed by atoms with van der Waals surface area (Å²) in [7, 11) is -96.2. The van der Waals surface area contributed by atoms with E-state index in [2.05, 4.69) is 51.7 Å². The average molecular weight is 1420 g/mol. The molecule has 0 N–H and O–H groups in total. The number of phosphoric acid groups is 15. The van der Waals surface area contributed by atoms with E-state index in [-0.39, 0.29) is 122 Å². The van der Waals surface area contributed by atoms with E-state index in [1.807, 2.05) is 0 Å². The van der Waals surface area contributed by atoms with E-state index in [4.69, 9.17) is 0 Å². The molecule has 0 aliphatic rings. The van der Waals surface area contributed by atoms with Gasteiger partial charge in [-0.2, -0.15) is 0 Å². The fourth-order valence-corrected chi connectivity index (χ4v) is 16.8. The van der Waals surface area contributed by atoms with E-state index < -0.39 is 117 Å². The molecule has 0 saturated heterocycles. The Morgan fingerprint density at radius 1 is 0.143 bits per heavy atom. The van der Waals surface area contributed by atoms with Crippen molar-refractivity contribution in [3.63, 3.8) is 0 Å². The Hall–Kier alpha value is 5.86. The molecule has 48 nitrogen and oxygen atoms in total. The van der Waals surface area contributed by atoms with E-state index in [9.17, 15) is 171 Å². The Kier molecular flexibility index (Phi) is 49.1. The van der Waals surface area contributed by atoms with Crippen molar-refractivity contribution in [3.8, 4) is 0 Å². The van der Waals surface area contributed by atoms with Crippen molar-refractivity contribution in [3.05, 3.63) is 0 Å². The van der Waals surface area contributed by atoms with Gasteiger partial charge in [-0.25, -0.2) is 25.9 Å². The molecule has 70 heavy (non-hydrogen) atoms. The van der Waals surface area contributed by atoms with Gasteiger partial charge in [0.25, 0.3) is 70.4 Å². The van der Waals surface area contributed by atoms with Gasteiger partial charge >= 0.3 is 122 Å². The Morgan fingerprint density at radius 3 is 0.257 bits per heavy atom. The van der Waals surface area contributed by atoms with Gasteiger partial charge in [0.1, 0.15) is 0 Å². The third-order valence-corrected chi connectivity index (χ3v) is 21.6. The molecule has 0 fully saturated rings. The molecule has 0 radical (unpaired) electrons. The number of hydrogen-bond acceptors (Lipinski definition) is 48. The summed E-state index contributed by atoms with van der Waals surface area (Å²) in [6.07, 6.45) is 0. The summed E-state index contributed by atoms with van der Waals surface area (Å²) in [6.45, 7) is 0. The van der Waals surface area contributed by atoms with Crippen molar-refractivity contribution >= 4 is 239 Å². The SMILES string of the molecule is O=P([O-])([O-])OP(=O)([O-])OP(=O)([O-])OP(=O)([O-])OP(=O)([O-])[O-].O=P([O-])([O-])OP(=O)([O-])OP(=O)([O-])OP(=O)([O-])OP(=O)([O-])[O-].O=P([O-])([O-])OP(=O)([O-])OP(=O)([O-])OP(=O)([O-])OP(=O)([O-])[O-].[Al+3].[Al+3].[Al+3].[Al+3].[Al+3].[Al+3].[Al+3]. The van der Waals surface area contributed by atoms with Crippen LogP contribution >= 0.6 is 117 Å². The van der Waals surface area contributed by atoms with Gasteiger partial charge in [-0.15, -0.1) is 0 Å². The van der Waals surface area contributed by atoms with Crippen LogP contribution in [0.5, 0.6) is 0 Å². The summed E-state index contributed by atoms with van der Waals surface area (Å²) in [5.74, 6) is 0. The normalized spacial score (nSPS) is 19.8. The van der Waals surface area contributed by atoms with Crippen LogP contribution in [-0.4, -0.2) is 122 Å². The molecule has 0 rings (SSSR count). The van der Waals surface area contributed by atoms with Crippen molar-refractivity contribution in [1.29, 1.82) is 0 Å². The zero-order valence-corrected chi connectivity index (χ0v) is 51.8. The monoisotopic (exact) mass is 1420 g/mol. The van der Waals surface area contributed by atoms with Gasteiger partial charge in [-0.05, 0) is 0 Å².